The van der Waals surface area contributed by atoms with Crippen LogP contribution in [-0.2, 0) is 4.79 Å². The average molecular weight is 348 g/mol. The van der Waals surface area contributed by atoms with Gasteiger partial charge in [-0.1, -0.05) is 47.5 Å². The van der Waals surface area contributed by atoms with E-state index in [1.54, 1.807) is 36.4 Å². The van der Waals surface area contributed by atoms with Crippen molar-refractivity contribution in [3.05, 3.63) is 69.2 Å². The van der Waals surface area contributed by atoms with Crippen molar-refractivity contribution >= 4 is 29.1 Å². The van der Waals surface area contributed by atoms with Crippen molar-refractivity contribution in [1.29, 1.82) is 5.26 Å². The normalized spacial score (nSPS) is 13.1. The third-order valence-electron chi connectivity index (χ3n) is 3.52. The number of nitriles is 1. The van der Waals surface area contributed by atoms with Crippen LogP contribution in [0.4, 0.5) is 0 Å². The van der Waals surface area contributed by atoms with Crippen molar-refractivity contribution in [2.75, 3.05) is 0 Å². The zero-order valence-corrected chi connectivity index (χ0v) is 13.9. The molecule has 0 radical (unpaired) electrons. The van der Waals surface area contributed by atoms with Crippen molar-refractivity contribution < 1.29 is 4.79 Å². The lowest BCUT2D eigenvalue weighted by atomic mass is 10.0. The van der Waals surface area contributed by atoms with E-state index in [0.717, 1.165) is 5.56 Å². The molecule has 1 amide bonds. The minimum atomic E-state index is -0.701. The Kier molecular flexibility index (Phi) is 5.62. The van der Waals surface area contributed by atoms with E-state index in [2.05, 4.69) is 5.32 Å². The molecule has 2 aromatic carbocycles. The van der Waals surface area contributed by atoms with Crippen LogP contribution in [0.25, 0.3) is 0 Å². The molecule has 0 spiro atoms. The zero-order valence-electron chi connectivity index (χ0n) is 12.4. The van der Waals surface area contributed by atoms with Gasteiger partial charge in [0.2, 0.25) is 5.91 Å². The molecule has 0 aromatic heterocycles. The van der Waals surface area contributed by atoms with Gasteiger partial charge >= 0.3 is 0 Å². The van der Waals surface area contributed by atoms with E-state index in [1.165, 1.54) is 0 Å². The minimum absolute atomic E-state index is 0.241. The molecule has 0 saturated heterocycles. The van der Waals surface area contributed by atoms with Crippen LogP contribution in [0.2, 0.25) is 10.0 Å². The molecular weight excluding hydrogens is 333 g/mol. The predicted molar refractivity (Wildman–Crippen MR) is 91.1 cm³/mol. The smallest absolute Gasteiger partial charge is 0.239 e. The van der Waals surface area contributed by atoms with Gasteiger partial charge in [0, 0.05) is 6.04 Å². The first-order valence-corrected chi connectivity index (χ1v) is 7.69. The lowest BCUT2D eigenvalue weighted by Crippen LogP contribution is -2.35. The zero-order chi connectivity index (χ0) is 17.0. The maximum Gasteiger partial charge on any atom is 0.239 e. The van der Waals surface area contributed by atoms with Gasteiger partial charge in [-0.05, 0) is 36.2 Å². The number of rotatable bonds is 5. The Morgan fingerprint density at radius 3 is 2.43 bits per heavy atom. The minimum Gasteiger partial charge on any atom is -0.368 e. The maximum absolute atomic E-state index is 11.8. The number of primary amides is 1. The first-order chi connectivity index (χ1) is 10.9. The van der Waals surface area contributed by atoms with E-state index < -0.39 is 11.9 Å². The molecule has 0 saturated carbocycles. The second-order valence-electron chi connectivity index (χ2n) is 5.10. The van der Waals surface area contributed by atoms with Crippen molar-refractivity contribution in [2.45, 2.75) is 19.0 Å². The molecule has 0 aliphatic carbocycles. The van der Waals surface area contributed by atoms with E-state index >= 15 is 0 Å². The molecule has 0 heterocycles. The highest BCUT2D eigenvalue weighted by molar-refractivity contribution is 6.42. The van der Waals surface area contributed by atoms with Crippen molar-refractivity contribution in [3.63, 3.8) is 0 Å². The average Bonchev–Trinajstić information content (AvgIpc) is 2.55. The van der Waals surface area contributed by atoms with E-state index in [0.29, 0.717) is 21.2 Å². The van der Waals surface area contributed by atoms with Gasteiger partial charge in [0.25, 0.3) is 0 Å². The maximum atomic E-state index is 11.8. The summed E-state index contributed by atoms with van der Waals surface area (Å²) in [4.78, 5) is 11.8. The van der Waals surface area contributed by atoms with E-state index in [9.17, 15) is 4.79 Å². The van der Waals surface area contributed by atoms with E-state index in [-0.39, 0.29) is 6.04 Å². The Morgan fingerprint density at radius 2 is 1.87 bits per heavy atom. The summed E-state index contributed by atoms with van der Waals surface area (Å²) >= 11 is 12.2. The van der Waals surface area contributed by atoms with Crippen LogP contribution in [0.3, 0.4) is 0 Å². The summed E-state index contributed by atoms with van der Waals surface area (Å²) < 4.78 is 0. The number of carbonyl (C=O) groups excluding carboxylic acids is 1. The summed E-state index contributed by atoms with van der Waals surface area (Å²) in [5.74, 6) is -0.514. The van der Waals surface area contributed by atoms with Crippen LogP contribution < -0.4 is 11.1 Å². The quantitative estimate of drug-likeness (QED) is 0.864. The van der Waals surface area contributed by atoms with Gasteiger partial charge in [0.15, 0.2) is 0 Å². The molecule has 2 aromatic rings. The third kappa shape index (κ3) is 4.02. The Bertz CT molecular complexity index is 753. The van der Waals surface area contributed by atoms with Crippen LogP contribution in [0.5, 0.6) is 0 Å². The fourth-order valence-corrected chi connectivity index (χ4v) is 2.76. The molecule has 0 bridgehead atoms. The lowest BCUT2D eigenvalue weighted by molar-refractivity contribution is -0.120. The molecule has 0 fully saturated rings. The number of hydrogen-bond donors (Lipinski definition) is 2. The molecular formula is C17H15Cl2N3O. The van der Waals surface area contributed by atoms with Crippen LogP contribution in [0, 0.1) is 11.3 Å². The molecule has 0 unspecified atom stereocenters. The van der Waals surface area contributed by atoms with Gasteiger partial charge in [0.05, 0.1) is 21.7 Å². The van der Waals surface area contributed by atoms with Gasteiger partial charge in [0.1, 0.15) is 6.04 Å². The highest BCUT2D eigenvalue weighted by atomic mass is 35.5. The number of nitrogens with two attached hydrogens (primary N) is 1. The molecule has 3 N–H and O–H groups in total. The van der Waals surface area contributed by atoms with E-state index in [4.69, 9.17) is 34.2 Å². The summed E-state index contributed by atoms with van der Waals surface area (Å²) in [6.45, 7) is 1.87. The SMILES string of the molecule is C[C@H](N[C@@H](C(N)=O)c1ccc(C#N)cc1)c1cccc(Cl)c1Cl. The predicted octanol–water partition coefficient (Wildman–Crippen LogP) is 3.74. The summed E-state index contributed by atoms with van der Waals surface area (Å²) in [6, 6.07) is 13.1. The van der Waals surface area contributed by atoms with Crippen molar-refractivity contribution in [1.82, 2.24) is 5.32 Å². The Hall–Kier alpha value is -2.06. The number of halogens is 2. The Labute approximate surface area is 144 Å². The van der Waals surface area contributed by atoms with Gasteiger partial charge in [-0.2, -0.15) is 5.26 Å². The summed E-state index contributed by atoms with van der Waals surface area (Å²) in [7, 11) is 0. The molecule has 0 aliphatic heterocycles. The summed E-state index contributed by atoms with van der Waals surface area (Å²) in [5.41, 5.74) is 7.48. The summed E-state index contributed by atoms with van der Waals surface area (Å²) in [6.07, 6.45) is 0. The van der Waals surface area contributed by atoms with Crippen LogP contribution in [-0.4, -0.2) is 5.91 Å². The van der Waals surface area contributed by atoms with Gasteiger partial charge in [-0.25, -0.2) is 0 Å². The Morgan fingerprint density at radius 1 is 1.22 bits per heavy atom. The molecule has 6 heteroatoms. The molecule has 4 nitrogen and oxygen atoms in total. The lowest BCUT2D eigenvalue weighted by Gasteiger charge is -2.22. The Balaban J connectivity index is 2.27. The second-order valence-corrected chi connectivity index (χ2v) is 5.89. The monoisotopic (exact) mass is 347 g/mol. The molecule has 118 valence electrons. The van der Waals surface area contributed by atoms with Crippen LogP contribution in [0.15, 0.2) is 42.5 Å². The fourth-order valence-electron chi connectivity index (χ4n) is 2.29. The molecule has 0 aliphatic rings. The number of nitrogens with zero attached hydrogens (tertiary/aromatic N) is 1. The first-order valence-electron chi connectivity index (χ1n) is 6.93. The van der Waals surface area contributed by atoms with Gasteiger partial charge in [-0.15, -0.1) is 0 Å². The van der Waals surface area contributed by atoms with Crippen LogP contribution in [0.1, 0.15) is 35.7 Å². The van der Waals surface area contributed by atoms with Crippen LogP contribution >= 0.6 is 23.2 Å². The molecule has 23 heavy (non-hydrogen) atoms. The highest BCUT2D eigenvalue weighted by Crippen LogP contribution is 2.31. The number of benzene rings is 2. The van der Waals surface area contributed by atoms with Crippen molar-refractivity contribution in [3.8, 4) is 6.07 Å². The van der Waals surface area contributed by atoms with Crippen molar-refractivity contribution in [2.24, 2.45) is 5.73 Å². The number of carbonyl (C=O) groups is 1. The van der Waals surface area contributed by atoms with Gasteiger partial charge in [-0.3, -0.25) is 10.1 Å². The third-order valence-corrected chi connectivity index (χ3v) is 4.36. The molecule has 2 rings (SSSR count). The number of amides is 1. The van der Waals surface area contributed by atoms with E-state index in [1.807, 2.05) is 19.1 Å². The summed E-state index contributed by atoms with van der Waals surface area (Å²) in [5, 5.41) is 12.9. The topological polar surface area (TPSA) is 78.9 Å². The molecule has 2 atom stereocenters. The highest BCUT2D eigenvalue weighted by Gasteiger charge is 2.22. The largest absolute Gasteiger partial charge is 0.368 e. The number of hydrogen-bond acceptors (Lipinski definition) is 3. The van der Waals surface area contributed by atoms with Gasteiger partial charge < -0.3 is 5.73 Å². The second kappa shape index (κ2) is 7.47. The number of nitrogens with one attached hydrogen (secondary N) is 1. The fraction of sp³-hybridized carbons (Fsp3) is 0.176. The first kappa shape index (κ1) is 17.3. The standard InChI is InChI=1S/C17H15Cl2N3O/c1-10(13-3-2-4-14(18)15(13)19)22-16(17(21)23)12-7-5-11(9-20)6-8-12/h2-8,10,16,22H,1H3,(H2,21,23)/t10-,16+/m0/s1.